The van der Waals surface area contributed by atoms with E-state index in [0.717, 1.165) is 13.8 Å². The summed E-state index contributed by atoms with van der Waals surface area (Å²) < 4.78 is 1.88. The van der Waals surface area contributed by atoms with Gasteiger partial charge >= 0.3 is 0 Å². The predicted octanol–water partition coefficient (Wildman–Crippen LogP) is 3.60. The molecule has 0 aliphatic rings. The van der Waals surface area contributed by atoms with Crippen LogP contribution in [0.3, 0.4) is 0 Å². The molecule has 0 aliphatic heterocycles. The lowest BCUT2D eigenvalue weighted by Gasteiger charge is -2.03. The molecule has 0 aliphatic carbocycles. The van der Waals surface area contributed by atoms with Crippen LogP contribution >= 0.6 is 43.2 Å². The molecule has 0 fully saturated rings. The number of hydrogen-bond acceptors (Lipinski definition) is 3. The summed E-state index contributed by atoms with van der Waals surface area (Å²) >= 11 is 8.29. The molecular weight excluding hydrogens is 368 g/mol. The number of aromatic nitrogens is 1. The van der Waals surface area contributed by atoms with E-state index < -0.39 is 0 Å². The molecule has 2 aromatic heterocycles. The number of halogens is 2. The van der Waals surface area contributed by atoms with Crippen molar-refractivity contribution in [3.8, 4) is 0 Å². The standard InChI is InChI=1S/C11H8Br2N2OS/c12-7-1-2-9(14-5-7)11(16)15-6-10-8(13)3-4-17-10/h1-5H,6H2,(H,15,16). The minimum absolute atomic E-state index is 0.169. The first-order valence-electron chi connectivity index (χ1n) is 4.78. The minimum Gasteiger partial charge on any atom is -0.346 e. The Kier molecular flexibility index (Phi) is 4.31. The summed E-state index contributed by atoms with van der Waals surface area (Å²) in [6.07, 6.45) is 1.61. The fraction of sp³-hybridized carbons (Fsp3) is 0.0909. The zero-order valence-corrected chi connectivity index (χ0v) is 12.6. The minimum atomic E-state index is -0.169. The average Bonchev–Trinajstić information content (AvgIpc) is 2.73. The summed E-state index contributed by atoms with van der Waals surface area (Å²) in [5.74, 6) is -0.169. The van der Waals surface area contributed by atoms with Crippen LogP contribution in [0.2, 0.25) is 0 Å². The molecule has 2 heterocycles. The van der Waals surface area contributed by atoms with E-state index >= 15 is 0 Å². The number of hydrogen-bond donors (Lipinski definition) is 1. The molecule has 0 unspecified atom stereocenters. The van der Waals surface area contributed by atoms with Crippen molar-refractivity contribution in [3.05, 3.63) is 49.3 Å². The Morgan fingerprint density at radius 2 is 2.18 bits per heavy atom. The second kappa shape index (κ2) is 5.75. The van der Waals surface area contributed by atoms with Crippen molar-refractivity contribution in [1.82, 2.24) is 10.3 Å². The van der Waals surface area contributed by atoms with Gasteiger partial charge in [0.1, 0.15) is 5.69 Å². The van der Waals surface area contributed by atoms with Crippen LogP contribution in [0.15, 0.2) is 38.7 Å². The monoisotopic (exact) mass is 374 g/mol. The molecule has 17 heavy (non-hydrogen) atoms. The molecule has 0 atom stereocenters. The Hall–Kier alpha value is -0.720. The molecule has 0 bridgehead atoms. The molecule has 0 aromatic carbocycles. The third-order valence-electron chi connectivity index (χ3n) is 2.06. The highest BCUT2D eigenvalue weighted by Gasteiger charge is 2.08. The molecule has 2 aromatic rings. The molecule has 0 radical (unpaired) electrons. The van der Waals surface area contributed by atoms with Gasteiger partial charge in [0, 0.05) is 20.0 Å². The van der Waals surface area contributed by atoms with Gasteiger partial charge in [-0.15, -0.1) is 11.3 Å². The average molecular weight is 376 g/mol. The largest absolute Gasteiger partial charge is 0.346 e. The molecule has 0 spiro atoms. The number of carbonyl (C=O) groups is 1. The van der Waals surface area contributed by atoms with Gasteiger partial charge in [-0.05, 0) is 55.4 Å². The van der Waals surface area contributed by atoms with E-state index in [9.17, 15) is 4.79 Å². The zero-order chi connectivity index (χ0) is 12.3. The molecule has 2 rings (SSSR count). The maximum absolute atomic E-state index is 11.8. The number of thiophene rings is 1. The van der Waals surface area contributed by atoms with Crippen LogP contribution < -0.4 is 5.32 Å². The highest BCUT2D eigenvalue weighted by Crippen LogP contribution is 2.22. The molecule has 6 heteroatoms. The number of amides is 1. The lowest BCUT2D eigenvalue weighted by atomic mass is 10.3. The van der Waals surface area contributed by atoms with Crippen molar-refractivity contribution in [3.63, 3.8) is 0 Å². The highest BCUT2D eigenvalue weighted by atomic mass is 79.9. The Labute approximate surface area is 120 Å². The van der Waals surface area contributed by atoms with Crippen LogP contribution in [0, 0.1) is 0 Å². The maximum Gasteiger partial charge on any atom is 0.270 e. The van der Waals surface area contributed by atoms with Crippen molar-refractivity contribution in [1.29, 1.82) is 0 Å². The lowest BCUT2D eigenvalue weighted by Crippen LogP contribution is -2.23. The van der Waals surface area contributed by atoms with Gasteiger partial charge in [0.2, 0.25) is 0 Å². The van der Waals surface area contributed by atoms with Crippen molar-refractivity contribution in [2.75, 3.05) is 0 Å². The van der Waals surface area contributed by atoms with Crippen LogP contribution in [0.5, 0.6) is 0 Å². The van der Waals surface area contributed by atoms with E-state index in [1.165, 1.54) is 0 Å². The SMILES string of the molecule is O=C(NCc1sccc1Br)c1ccc(Br)cn1. The van der Waals surface area contributed by atoms with Crippen LogP contribution in [0.4, 0.5) is 0 Å². The number of carbonyl (C=O) groups excluding carboxylic acids is 1. The second-order valence-corrected chi connectivity index (χ2v) is 6.01. The summed E-state index contributed by atoms with van der Waals surface area (Å²) in [4.78, 5) is 16.9. The van der Waals surface area contributed by atoms with E-state index in [0.29, 0.717) is 12.2 Å². The van der Waals surface area contributed by atoms with Gasteiger partial charge in [0.25, 0.3) is 5.91 Å². The first kappa shape index (κ1) is 12.7. The molecular formula is C11H8Br2N2OS. The van der Waals surface area contributed by atoms with Gasteiger partial charge in [-0.3, -0.25) is 4.79 Å². The zero-order valence-electron chi connectivity index (χ0n) is 8.61. The van der Waals surface area contributed by atoms with Gasteiger partial charge in [0.15, 0.2) is 0 Å². The Bertz CT molecular complexity index is 525. The summed E-state index contributed by atoms with van der Waals surface area (Å²) in [5, 5.41) is 4.80. The van der Waals surface area contributed by atoms with Crippen LogP contribution in [-0.2, 0) is 6.54 Å². The molecule has 88 valence electrons. The topological polar surface area (TPSA) is 42.0 Å². The van der Waals surface area contributed by atoms with Crippen molar-refractivity contribution in [2.45, 2.75) is 6.54 Å². The van der Waals surface area contributed by atoms with Gasteiger partial charge in [0.05, 0.1) is 6.54 Å². The van der Waals surface area contributed by atoms with Gasteiger partial charge < -0.3 is 5.32 Å². The van der Waals surface area contributed by atoms with Crippen LogP contribution in [-0.4, -0.2) is 10.9 Å². The maximum atomic E-state index is 11.8. The van der Waals surface area contributed by atoms with E-state index in [2.05, 4.69) is 42.2 Å². The molecule has 0 saturated carbocycles. The van der Waals surface area contributed by atoms with E-state index in [1.54, 1.807) is 29.7 Å². The first-order valence-corrected chi connectivity index (χ1v) is 7.25. The Morgan fingerprint density at radius 3 is 2.76 bits per heavy atom. The van der Waals surface area contributed by atoms with E-state index in [4.69, 9.17) is 0 Å². The summed E-state index contributed by atoms with van der Waals surface area (Å²) in [6, 6.07) is 5.44. The normalized spacial score (nSPS) is 10.2. The fourth-order valence-electron chi connectivity index (χ4n) is 1.21. The predicted molar refractivity (Wildman–Crippen MR) is 75.1 cm³/mol. The summed E-state index contributed by atoms with van der Waals surface area (Å²) in [5.41, 5.74) is 0.417. The summed E-state index contributed by atoms with van der Waals surface area (Å²) in [6.45, 7) is 0.509. The molecule has 0 saturated heterocycles. The molecule has 1 N–H and O–H groups in total. The quantitative estimate of drug-likeness (QED) is 0.890. The van der Waals surface area contributed by atoms with Crippen LogP contribution in [0.25, 0.3) is 0 Å². The van der Waals surface area contributed by atoms with E-state index in [-0.39, 0.29) is 5.91 Å². The smallest absolute Gasteiger partial charge is 0.270 e. The highest BCUT2D eigenvalue weighted by molar-refractivity contribution is 9.10. The van der Waals surface area contributed by atoms with E-state index in [1.807, 2.05) is 11.4 Å². The Morgan fingerprint density at radius 1 is 1.35 bits per heavy atom. The third-order valence-corrected chi connectivity index (χ3v) is 4.46. The lowest BCUT2D eigenvalue weighted by molar-refractivity contribution is 0.0946. The van der Waals surface area contributed by atoms with Gasteiger partial charge in [-0.1, -0.05) is 0 Å². The summed E-state index contributed by atoms with van der Waals surface area (Å²) in [7, 11) is 0. The van der Waals surface area contributed by atoms with Crippen molar-refractivity contribution >= 4 is 49.1 Å². The van der Waals surface area contributed by atoms with Gasteiger partial charge in [-0.2, -0.15) is 0 Å². The second-order valence-electron chi connectivity index (χ2n) is 3.24. The molecule has 3 nitrogen and oxygen atoms in total. The number of rotatable bonds is 3. The Balaban J connectivity index is 1.98. The first-order chi connectivity index (χ1) is 8.16. The fourth-order valence-corrected chi connectivity index (χ4v) is 2.88. The van der Waals surface area contributed by atoms with Crippen LogP contribution in [0.1, 0.15) is 15.4 Å². The molecule has 1 amide bonds. The number of nitrogens with zero attached hydrogens (tertiary/aromatic N) is 1. The van der Waals surface area contributed by atoms with Crippen molar-refractivity contribution < 1.29 is 4.79 Å². The number of nitrogens with one attached hydrogen (secondary N) is 1. The van der Waals surface area contributed by atoms with Crippen molar-refractivity contribution in [2.24, 2.45) is 0 Å². The number of pyridine rings is 1. The third kappa shape index (κ3) is 3.37. The van der Waals surface area contributed by atoms with Gasteiger partial charge in [-0.25, -0.2) is 4.98 Å².